The lowest BCUT2D eigenvalue weighted by Crippen LogP contribution is -2.28. The van der Waals surface area contributed by atoms with E-state index in [9.17, 15) is 9.59 Å². The fourth-order valence-corrected chi connectivity index (χ4v) is 3.69. The molecule has 1 aromatic carbocycles. The monoisotopic (exact) mass is 393 g/mol. The molecule has 0 fully saturated rings. The van der Waals surface area contributed by atoms with Crippen LogP contribution in [0, 0.1) is 0 Å². The van der Waals surface area contributed by atoms with Crippen LogP contribution >= 0.6 is 11.3 Å². The van der Waals surface area contributed by atoms with Gasteiger partial charge in [-0.3, -0.25) is 14.2 Å². The van der Waals surface area contributed by atoms with Crippen molar-refractivity contribution in [3.05, 3.63) is 81.2 Å². The summed E-state index contributed by atoms with van der Waals surface area (Å²) in [6.45, 7) is 1.34. The topological polar surface area (TPSA) is 81.8 Å². The van der Waals surface area contributed by atoms with Gasteiger partial charge in [-0.1, -0.05) is 36.4 Å². The number of carbonyl (C=O) groups excluding carboxylic acids is 1. The molecule has 0 spiro atoms. The van der Waals surface area contributed by atoms with Gasteiger partial charge in [0.25, 0.3) is 5.56 Å². The van der Waals surface area contributed by atoms with Crippen molar-refractivity contribution in [3.63, 3.8) is 0 Å². The van der Waals surface area contributed by atoms with Crippen LogP contribution in [0.1, 0.15) is 10.4 Å². The zero-order valence-electron chi connectivity index (χ0n) is 15.1. The highest BCUT2D eigenvalue weighted by molar-refractivity contribution is 7.10. The first-order valence-corrected chi connectivity index (χ1v) is 9.82. The molecule has 3 aromatic heterocycles. The molecule has 1 N–H and O–H groups in total. The molecule has 8 heteroatoms. The Morgan fingerprint density at radius 1 is 1.14 bits per heavy atom. The maximum atomic E-state index is 12.7. The molecule has 0 aliphatic rings. The van der Waals surface area contributed by atoms with Crippen molar-refractivity contribution < 1.29 is 4.79 Å². The largest absolute Gasteiger partial charge is 0.354 e. The van der Waals surface area contributed by atoms with Crippen molar-refractivity contribution in [2.24, 2.45) is 0 Å². The lowest BCUT2D eigenvalue weighted by atomic mass is 10.2. The first kappa shape index (κ1) is 18.1. The van der Waals surface area contributed by atoms with Gasteiger partial charge >= 0.3 is 0 Å². The van der Waals surface area contributed by atoms with Crippen molar-refractivity contribution in [2.45, 2.75) is 19.5 Å². The van der Waals surface area contributed by atoms with E-state index in [-0.39, 0.29) is 11.5 Å². The highest BCUT2D eigenvalue weighted by atomic mass is 32.1. The molecular formula is C20H19N5O2S. The third-order valence-electron chi connectivity index (χ3n) is 4.38. The van der Waals surface area contributed by atoms with E-state index in [4.69, 9.17) is 0 Å². The average molecular weight is 393 g/mol. The van der Waals surface area contributed by atoms with Crippen LogP contribution < -0.4 is 10.9 Å². The summed E-state index contributed by atoms with van der Waals surface area (Å²) in [6.07, 6.45) is 3.46. The molecule has 28 heavy (non-hydrogen) atoms. The number of nitrogens with one attached hydrogen (secondary N) is 1. The molecule has 0 unspecified atom stereocenters. The second kappa shape index (κ2) is 8.18. The van der Waals surface area contributed by atoms with E-state index in [2.05, 4.69) is 15.4 Å². The van der Waals surface area contributed by atoms with Gasteiger partial charge < -0.3 is 5.32 Å². The first-order valence-electron chi connectivity index (χ1n) is 8.94. The number of benzene rings is 1. The maximum Gasteiger partial charge on any atom is 0.264 e. The number of aromatic nitrogens is 4. The standard InChI is InChI=1S/C20H19N5O2S/c26-18(11-16-7-4-10-28-16)21-8-9-25-19-17(12-23-25)20(27)24(14-22-19)13-15-5-2-1-3-6-15/h1-7,10,12,14H,8-9,11,13H2,(H,21,26). The van der Waals surface area contributed by atoms with E-state index >= 15 is 0 Å². The highest BCUT2D eigenvalue weighted by Gasteiger charge is 2.11. The van der Waals surface area contributed by atoms with E-state index < -0.39 is 0 Å². The van der Waals surface area contributed by atoms with Crippen molar-refractivity contribution in [1.29, 1.82) is 0 Å². The van der Waals surface area contributed by atoms with Crippen LogP contribution in [0.2, 0.25) is 0 Å². The number of hydrogen-bond acceptors (Lipinski definition) is 5. The number of carbonyl (C=O) groups is 1. The summed E-state index contributed by atoms with van der Waals surface area (Å²) in [5, 5.41) is 9.58. The van der Waals surface area contributed by atoms with Gasteiger partial charge in [0.2, 0.25) is 5.91 Å². The van der Waals surface area contributed by atoms with Crippen LogP contribution in [-0.2, 0) is 24.3 Å². The predicted octanol–water partition coefficient (Wildman–Crippen LogP) is 2.06. The zero-order chi connectivity index (χ0) is 19.3. The van der Waals surface area contributed by atoms with Crippen LogP contribution in [-0.4, -0.2) is 31.8 Å². The summed E-state index contributed by atoms with van der Waals surface area (Å²) >= 11 is 1.56. The van der Waals surface area contributed by atoms with E-state index in [0.717, 1.165) is 10.4 Å². The fraction of sp³-hybridized carbons (Fsp3) is 0.200. The van der Waals surface area contributed by atoms with Crippen molar-refractivity contribution in [1.82, 2.24) is 24.6 Å². The van der Waals surface area contributed by atoms with Crippen molar-refractivity contribution in [2.75, 3.05) is 6.54 Å². The van der Waals surface area contributed by atoms with Gasteiger partial charge in [-0.05, 0) is 17.0 Å². The summed E-state index contributed by atoms with van der Waals surface area (Å²) in [5.41, 5.74) is 1.44. The lowest BCUT2D eigenvalue weighted by molar-refractivity contribution is -0.120. The Kier molecular flexibility index (Phi) is 5.29. The number of rotatable bonds is 7. The number of hydrogen-bond donors (Lipinski definition) is 1. The summed E-state index contributed by atoms with van der Waals surface area (Å²) in [4.78, 5) is 30.1. The molecular weight excluding hydrogens is 374 g/mol. The summed E-state index contributed by atoms with van der Waals surface area (Å²) in [7, 11) is 0. The van der Waals surface area contributed by atoms with Crippen LogP contribution in [0.25, 0.3) is 11.0 Å². The van der Waals surface area contributed by atoms with Gasteiger partial charge in [-0.25, -0.2) is 9.67 Å². The molecule has 3 heterocycles. The maximum absolute atomic E-state index is 12.7. The molecule has 7 nitrogen and oxygen atoms in total. The zero-order valence-corrected chi connectivity index (χ0v) is 15.9. The molecule has 0 bridgehead atoms. The fourth-order valence-electron chi connectivity index (χ4n) is 2.99. The Balaban J connectivity index is 1.42. The number of thiophene rings is 1. The third-order valence-corrected chi connectivity index (χ3v) is 5.26. The Morgan fingerprint density at radius 3 is 2.79 bits per heavy atom. The molecule has 0 saturated heterocycles. The molecule has 1 amide bonds. The third kappa shape index (κ3) is 4.01. The number of amides is 1. The van der Waals surface area contributed by atoms with E-state index in [1.54, 1.807) is 33.1 Å². The Morgan fingerprint density at radius 2 is 2.00 bits per heavy atom. The quantitative estimate of drug-likeness (QED) is 0.521. The van der Waals surface area contributed by atoms with Crippen molar-refractivity contribution in [3.8, 4) is 0 Å². The smallest absolute Gasteiger partial charge is 0.264 e. The lowest BCUT2D eigenvalue weighted by Gasteiger charge is -2.07. The minimum atomic E-state index is -0.123. The van der Waals surface area contributed by atoms with Gasteiger partial charge in [0.05, 0.1) is 25.7 Å². The Bertz CT molecular complexity index is 1130. The predicted molar refractivity (Wildman–Crippen MR) is 108 cm³/mol. The summed E-state index contributed by atoms with van der Waals surface area (Å²) < 4.78 is 3.22. The molecule has 142 valence electrons. The van der Waals surface area contributed by atoms with E-state index in [0.29, 0.717) is 37.1 Å². The molecule has 0 aliphatic heterocycles. The van der Waals surface area contributed by atoms with Crippen LogP contribution in [0.5, 0.6) is 0 Å². The van der Waals surface area contributed by atoms with Gasteiger partial charge in [-0.2, -0.15) is 5.10 Å². The normalized spacial score (nSPS) is 11.0. The van der Waals surface area contributed by atoms with Gasteiger partial charge in [0.1, 0.15) is 11.7 Å². The molecule has 0 saturated carbocycles. The van der Waals surface area contributed by atoms with Gasteiger partial charge in [0.15, 0.2) is 5.65 Å². The number of fused-ring (bicyclic) bond motifs is 1. The number of nitrogens with zero attached hydrogens (tertiary/aromatic N) is 4. The average Bonchev–Trinajstić information content (AvgIpc) is 3.35. The molecule has 0 aliphatic carbocycles. The van der Waals surface area contributed by atoms with E-state index in [1.165, 1.54) is 0 Å². The molecule has 4 rings (SSSR count). The minimum absolute atomic E-state index is 0.0305. The van der Waals surface area contributed by atoms with Crippen LogP contribution in [0.4, 0.5) is 0 Å². The highest BCUT2D eigenvalue weighted by Crippen LogP contribution is 2.09. The van der Waals surface area contributed by atoms with Crippen LogP contribution in [0.15, 0.2) is 65.2 Å². The van der Waals surface area contributed by atoms with Crippen molar-refractivity contribution >= 4 is 28.3 Å². The minimum Gasteiger partial charge on any atom is -0.354 e. The second-order valence-electron chi connectivity index (χ2n) is 6.37. The molecule has 4 aromatic rings. The molecule has 0 radical (unpaired) electrons. The SMILES string of the molecule is O=C(Cc1cccs1)NCCn1ncc2c(=O)n(Cc3ccccc3)cnc21. The van der Waals surface area contributed by atoms with E-state index in [1.807, 2.05) is 47.8 Å². The summed E-state index contributed by atoms with van der Waals surface area (Å²) in [5.74, 6) is -0.0305. The van der Waals surface area contributed by atoms with Gasteiger partial charge in [-0.15, -0.1) is 11.3 Å². The summed E-state index contributed by atoms with van der Waals surface area (Å²) in [6, 6.07) is 13.6. The second-order valence-corrected chi connectivity index (χ2v) is 7.41. The Labute approximate surface area is 165 Å². The van der Waals surface area contributed by atoms with Crippen LogP contribution in [0.3, 0.4) is 0 Å². The van der Waals surface area contributed by atoms with Gasteiger partial charge in [0, 0.05) is 11.4 Å². The first-order chi connectivity index (χ1) is 13.7. The Hall–Kier alpha value is -3.26. The molecule has 0 atom stereocenters.